The third kappa shape index (κ3) is 2.02. The molecule has 1 aromatic heterocycles. The fraction of sp³-hybridized carbons (Fsp3) is 0. The number of hydrogen-bond acceptors (Lipinski definition) is 4. The van der Waals surface area contributed by atoms with Gasteiger partial charge in [0.2, 0.25) is 0 Å². The van der Waals surface area contributed by atoms with Gasteiger partial charge in [-0.1, -0.05) is 18.2 Å². The topological polar surface area (TPSA) is 56.5 Å². The molecule has 0 unspecified atom stereocenters. The van der Waals surface area contributed by atoms with E-state index >= 15 is 0 Å². The van der Waals surface area contributed by atoms with Crippen molar-refractivity contribution < 1.29 is 17.0 Å². The molecule has 92 valence electrons. The van der Waals surface area contributed by atoms with Crippen LogP contribution in [0.4, 0.5) is 0 Å². The van der Waals surface area contributed by atoms with Crippen LogP contribution in [0.5, 0.6) is 5.75 Å². The van der Waals surface area contributed by atoms with Crippen molar-refractivity contribution in [3.8, 4) is 5.75 Å². The molecule has 3 aromatic rings. The molecule has 2 aromatic carbocycles. The van der Waals surface area contributed by atoms with Crippen molar-refractivity contribution in [3.05, 3.63) is 42.5 Å². The summed E-state index contributed by atoms with van der Waals surface area (Å²) in [5, 5.41) is 1.67. The second-order valence-corrected chi connectivity index (χ2v) is 5.82. The lowest BCUT2D eigenvalue weighted by atomic mass is 10.1. The standard InChI is InChI=1S/C12H7ClO4S/c13-18(14,15)17-8-5-6-12-10(7-8)9-3-1-2-4-11(9)16-12/h1-7H. The van der Waals surface area contributed by atoms with Gasteiger partial charge in [0, 0.05) is 10.8 Å². The Labute approximate surface area is 107 Å². The minimum atomic E-state index is -4.04. The first-order valence-electron chi connectivity index (χ1n) is 5.08. The van der Waals surface area contributed by atoms with Gasteiger partial charge in [-0.05, 0) is 24.3 Å². The van der Waals surface area contributed by atoms with E-state index in [0.29, 0.717) is 5.58 Å². The first-order valence-corrected chi connectivity index (χ1v) is 7.32. The SMILES string of the molecule is O=S(=O)(Cl)Oc1ccc2oc3ccccc3c2c1. The number of para-hydroxylation sites is 1. The minimum Gasteiger partial charge on any atom is -0.456 e. The van der Waals surface area contributed by atoms with E-state index in [9.17, 15) is 8.42 Å². The van der Waals surface area contributed by atoms with Crippen LogP contribution in [0.3, 0.4) is 0 Å². The highest BCUT2D eigenvalue weighted by Gasteiger charge is 2.11. The average molecular weight is 283 g/mol. The molecular weight excluding hydrogens is 276 g/mol. The normalized spacial score (nSPS) is 12.1. The minimum absolute atomic E-state index is 0.157. The number of benzene rings is 2. The van der Waals surface area contributed by atoms with Gasteiger partial charge in [0.25, 0.3) is 0 Å². The van der Waals surface area contributed by atoms with Crippen molar-refractivity contribution in [2.75, 3.05) is 0 Å². The molecule has 0 saturated carbocycles. The molecule has 1 heterocycles. The van der Waals surface area contributed by atoms with Crippen LogP contribution in [-0.2, 0) is 9.33 Å². The van der Waals surface area contributed by atoms with E-state index in [0.717, 1.165) is 16.4 Å². The van der Waals surface area contributed by atoms with Gasteiger partial charge in [-0.15, -0.1) is 0 Å². The van der Waals surface area contributed by atoms with E-state index in [1.54, 1.807) is 12.1 Å². The first kappa shape index (κ1) is 11.4. The van der Waals surface area contributed by atoms with E-state index < -0.39 is 9.33 Å². The van der Waals surface area contributed by atoms with Gasteiger partial charge in [0.1, 0.15) is 16.9 Å². The Morgan fingerprint density at radius 1 is 1.00 bits per heavy atom. The zero-order valence-corrected chi connectivity index (χ0v) is 10.5. The quantitative estimate of drug-likeness (QED) is 0.676. The van der Waals surface area contributed by atoms with Crippen molar-refractivity contribution in [2.24, 2.45) is 0 Å². The summed E-state index contributed by atoms with van der Waals surface area (Å²) >= 11 is 0. The molecule has 0 radical (unpaired) electrons. The van der Waals surface area contributed by atoms with Crippen molar-refractivity contribution >= 4 is 42.0 Å². The van der Waals surface area contributed by atoms with Crippen molar-refractivity contribution in [1.82, 2.24) is 0 Å². The van der Waals surface area contributed by atoms with Crippen LogP contribution in [0.25, 0.3) is 21.9 Å². The highest BCUT2D eigenvalue weighted by Crippen LogP contribution is 2.31. The van der Waals surface area contributed by atoms with E-state index in [-0.39, 0.29) is 5.75 Å². The Balaban J connectivity index is 2.24. The van der Waals surface area contributed by atoms with Crippen molar-refractivity contribution in [1.29, 1.82) is 0 Å². The molecule has 0 amide bonds. The average Bonchev–Trinajstić information content (AvgIpc) is 2.65. The summed E-state index contributed by atoms with van der Waals surface area (Å²) in [7, 11) is 0.997. The van der Waals surface area contributed by atoms with E-state index in [1.165, 1.54) is 6.07 Å². The van der Waals surface area contributed by atoms with E-state index in [4.69, 9.17) is 15.1 Å². The molecule has 4 nitrogen and oxygen atoms in total. The molecule has 0 aliphatic rings. The van der Waals surface area contributed by atoms with Gasteiger partial charge in [-0.25, -0.2) is 0 Å². The van der Waals surface area contributed by atoms with Crippen LogP contribution in [0, 0.1) is 0 Å². The number of furan rings is 1. The molecule has 0 bridgehead atoms. The van der Waals surface area contributed by atoms with Gasteiger partial charge < -0.3 is 8.60 Å². The Kier molecular flexibility index (Phi) is 2.46. The summed E-state index contributed by atoms with van der Waals surface area (Å²) in [6, 6.07) is 12.2. The Morgan fingerprint density at radius 2 is 1.72 bits per heavy atom. The third-order valence-electron chi connectivity index (χ3n) is 2.54. The van der Waals surface area contributed by atoms with Gasteiger partial charge in [-0.3, -0.25) is 0 Å². The van der Waals surface area contributed by atoms with Crippen molar-refractivity contribution in [2.45, 2.75) is 0 Å². The predicted molar refractivity (Wildman–Crippen MR) is 69.1 cm³/mol. The highest BCUT2D eigenvalue weighted by atomic mass is 35.7. The van der Waals surface area contributed by atoms with Crippen LogP contribution >= 0.6 is 10.7 Å². The van der Waals surface area contributed by atoms with Crippen LogP contribution in [0.2, 0.25) is 0 Å². The van der Waals surface area contributed by atoms with Gasteiger partial charge in [0.15, 0.2) is 0 Å². The lowest BCUT2D eigenvalue weighted by Crippen LogP contribution is -1.99. The summed E-state index contributed by atoms with van der Waals surface area (Å²) < 4.78 is 31.9. The van der Waals surface area contributed by atoms with Gasteiger partial charge in [-0.2, -0.15) is 8.42 Å². The zero-order valence-electron chi connectivity index (χ0n) is 8.96. The van der Waals surface area contributed by atoms with E-state index in [1.807, 2.05) is 24.3 Å². The second-order valence-electron chi connectivity index (χ2n) is 3.73. The smallest absolute Gasteiger partial charge is 0.401 e. The van der Waals surface area contributed by atoms with Crippen LogP contribution in [0.15, 0.2) is 46.9 Å². The number of rotatable bonds is 2. The van der Waals surface area contributed by atoms with Crippen LogP contribution in [-0.4, -0.2) is 8.42 Å². The monoisotopic (exact) mass is 282 g/mol. The lowest BCUT2D eigenvalue weighted by Gasteiger charge is -2.00. The predicted octanol–water partition coefficient (Wildman–Crippen LogP) is 3.45. The Hall–Kier alpha value is -1.72. The summed E-state index contributed by atoms with van der Waals surface area (Å²) in [4.78, 5) is 0. The van der Waals surface area contributed by atoms with Crippen molar-refractivity contribution in [3.63, 3.8) is 0 Å². The molecule has 6 heteroatoms. The Bertz CT molecular complexity index is 836. The maximum absolute atomic E-state index is 10.9. The van der Waals surface area contributed by atoms with E-state index in [2.05, 4.69) is 4.18 Å². The highest BCUT2D eigenvalue weighted by molar-refractivity contribution is 8.10. The number of hydrogen-bond donors (Lipinski definition) is 0. The Morgan fingerprint density at radius 3 is 2.50 bits per heavy atom. The molecule has 0 saturated heterocycles. The molecule has 0 atom stereocenters. The maximum Gasteiger partial charge on any atom is 0.401 e. The molecule has 0 fully saturated rings. The first-order chi connectivity index (χ1) is 8.53. The molecule has 0 spiro atoms. The third-order valence-corrected chi connectivity index (χ3v) is 3.12. The van der Waals surface area contributed by atoms with Crippen LogP contribution < -0.4 is 4.18 Å². The summed E-state index contributed by atoms with van der Waals surface area (Å²) in [5.41, 5.74) is 1.40. The second kappa shape index (κ2) is 3.90. The largest absolute Gasteiger partial charge is 0.456 e. The summed E-state index contributed by atoms with van der Waals surface area (Å²) in [6.07, 6.45) is 0. The molecule has 0 aliphatic carbocycles. The van der Waals surface area contributed by atoms with Crippen LogP contribution in [0.1, 0.15) is 0 Å². The summed E-state index contributed by atoms with van der Waals surface area (Å²) in [5.74, 6) is 0.157. The zero-order chi connectivity index (χ0) is 12.8. The molecule has 18 heavy (non-hydrogen) atoms. The fourth-order valence-electron chi connectivity index (χ4n) is 1.87. The van der Waals surface area contributed by atoms with Gasteiger partial charge >= 0.3 is 9.33 Å². The lowest BCUT2D eigenvalue weighted by molar-refractivity contribution is 0.503. The van der Waals surface area contributed by atoms with Gasteiger partial charge in [0.05, 0.1) is 10.7 Å². The summed E-state index contributed by atoms with van der Waals surface area (Å²) in [6.45, 7) is 0. The molecular formula is C12H7ClO4S. The maximum atomic E-state index is 10.9. The fourth-order valence-corrected chi connectivity index (χ4v) is 2.42. The molecule has 0 aliphatic heterocycles. The molecule has 3 rings (SSSR count). The molecule has 0 N–H and O–H groups in total. The number of fused-ring (bicyclic) bond motifs is 3. The number of halogens is 1.